The maximum atomic E-state index is 12.7. The van der Waals surface area contributed by atoms with Crippen molar-refractivity contribution in [3.63, 3.8) is 0 Å². The Hall–Kier alpha value is -2.82. The Morgan fingerprint density at radius 2 is 1.60 bits per heavy atom. The maximum Gasteiger partial charge on any atom is 0.260 e. The van der Waals surface area contributed by atoms with E-state index in [9.17, 15) is 9.59 Å². The summed E-state index contributed by atoms with van der Waals surface area (Å²) in [6, 6.07) is 19.7. The van der Waals surface area contributed by atoms with Crippen LogP contribution in [0.1, 0.15) is 38.2 Å². The Balaban J connectivity index is 1.43. The molecule has 1 unspecified atom stereocenters. The molecule has 1 saturated heterocycles. The van der Waals surface area contributed by atoms with Crippen molar-refractivity contribution in [2.75, 3.05) is 26.2 Å². The van der Waals surface area contributed by atoms with Crippen LogP contribution in [0.4, 0.5) is 0 Å². The molecule has 5 nitrogen and oxygen atoms in total. The number of amides is 2. The lowest BCUT2D eigenvalue weighted by Gasteiger charge is -2.32. The van der Waals surface area contributed by atoms with Crippen LogP contribution in [0.3, 0.4) is 0 Å². The van der Waals surface area contributed by atoms with E-state index in [0.29, 0.717) is 50.1 Å². The summed E-state index contributed by atoms with van der Waals surface area (Å²) in [5, 5.41) is 3.16. The fourth-order valence-corrected chi connectivity index (χ4v) is 3.94. The molecular weight excluding hydrogens is 376 g/mol. The third-order valence-corrected chi connectivity index (χ3v) is 5.85. The summed E-state index contributed by atoms with van der Waals surface area (Å²) in [6.45, 7) is 6.25. The van der Waals surface area contributed by atoms with Gasteiger partial charge in [-0.05, 0) is 36.5 Å². The zero-order valence-electron chi connectivity index (χ0n) is 17.9. The highest BCUT2D eigenvalue weighted by Crippen LogP contribution is 2.24. The molecule has 2 aromatic rings. The molecule has 30 heavy (non-hydrogen) atoms. The number of likely N-dealkylation sites (tertiary alicyclic amines) is 1. The number of piperidine rings is 1. The first-order valence-electron chi connectivity index (χ1n) is 10.8. The fourth-order valence-electron chi connectivity index (χ4n) is 3.94. The van der Waals surface area contributed by atoms with Crippen molar-refractivity contribution >= 4 is 11.8 Å². The van der Waals surface area contributed by atoms with E-state index < -0.39 is 0 Å². The molecule has 5 heteroatoms. The third kappa shape index (κ3) is 6.09. The lowest BCUT2D eigenvalue weighted by molar-refractivity contribution is -0.137. The Morgan fingerprint density at radius 3 is 2.20 bits per heavy atom. The second-order valence-corrected chi connectivity index (χ2v) is 8.26. The van der Waals surface area contributed by atoms with Crippen molar-refractivity contribution in [1.82, 2.24) is 10.2 Å². The van der Waals surface area contributed by atoms with Crippen LogP contribution in [-0.2, 0) is 9.59 Å². The lowest BCUT2D eigenvalue weighted by atomic mass is 9.88. The summed E-state index contributed by atoms with van der Waals surface area (Å²) in [7, 11) is 0. The molecule has 0 bridgehead atoms. The second-order valence-electron chi connectivity index (χ2n) is 8.26. The molecule has 1 N–H and O–H groups in total. The number of benzene rings is 2. The van der Waals surface area contributed by atoms with Gasteiger partial charge < -0.3 is 15.0 Å². The molecule has 0 spiro atoms. The predicted octanol–water partition coefficient (Wildman–Crippen LogP) is 3.86. The van der Waals surface area contributed by atoms with E-state index in [0.717, 1.165) is 0 Å². The predicted molar refractivity (Wildman–Crippen MR) is 118 cm³/mol. The number of para-hydroxylation sites is 1. The van der Waals surface area contributed by atoms with Crippen LogP contribution in [0, 0.1) is 11.8 Å². The van der Waals surface area contributed by atoms with E-state index in [1.165, 1.54) is 5.56 Å². The SMILES string of the molecule is CC(C)C(CNC(=O)C1CCN(C(=O)COc2ccccc2)CC1)c1ccccc1. The number of carbonyl (C=O) groups is 2. The van der Waals surface area contributed by atoms with E-state index in [2.05, 4.69) is 31.3 Å². The first-order chi connectivity index (χ1) is 14.5. The van der Waals surface area contributed by atoms with Gasteiger partial charge in [-0.3, -0.25) is 9.59 Å². The summed E-state index contributed by atoms with van der Waals surface area (Å²) in [5.74, 6) is 1.47. The van der Waals surface area contributed by atoms with Gasteiger partial charge in [0.1, 0.15) is 5.75 Å². The van der Waals surface area contributed by atoms with Crippen molar-refractivity contribution in [3.8, 4) is 5.75 Å². The zero-order valence-corrected chi connectivity index (χ0v) is 17.9. The molecule has 1 fully saturated rings. The minimum Gasteiger partial charge on any atom is -0.484 e. The van der Waals surface area contributed by atoms with Gasteiger partial charge >= 0.3 is 0 Å². The third-order valence-electron chi connectivity index (χ3n) is 5.85. The molecule has 1 aliphatic rings. The van der Waals surface area contributed by atoms with Crippen LogP contribution >= 0.6 is 0 Å². The molecule has 2 amide bonds. The van der Waals surface area contributed by atoms with Crippen molar-refractivity contribution in [2.24, 2.45) is 11.8 Å². The molecule has 0 aliphatic carbocycles. The smallest absolute Gasteiger partial charge is 0.260 e. The Labute approximate surface area is 179 Å². The summed E-state index contributed by atoms with van der Waals surface area (Å²) < 4.78 is 5.55. The van der Waals surface area contributed by atoms with Gasteiger partial charge in [-0.15, -0.1) is 0 Å². The Bertz CT molecular complexity index is 800. The van der Waals surface area contributed by atoms with E-state index in [1.807, 2.05) is 48.5 Å². The van der Waals surface area contributed by atoms with Crippen LogP contribution in [0.2, 0.25) is 0 Å². The molecule has 3 rings (SSSR count). The van der Waals surface area contributed by atoms with Gasteiger partial charge in [0, 0.05) is 31.5 Å². The van der Waals surface area contributed by atoms with Crippen LogP contribution in [0.5, 0.6) is 5.75 Å². The summed E-state index contributed by atoms with van der Waals surface area (Å²) >= 11 is 0. The van der Waals surface area contributed by atoms with Crippen LogP contribution < -0.4 is 10.1 Å². The highest BCUT2D eigenvalue weighted by molar-refractivity contribution is 5.80. The van der Waals surface area contributed by atoms with Crippen molar-refractivity contribution < 1.29 is 14.3 Å². The minimum atomic E-state index is -0.0346. The first kappa shape index (κ1) is 21.9. The highest BCUT2D eigenvalue weighted by Gasteiger charge is 2.28. The molecule has 0 saturated carbocycles. The van der Waals surface area contributed by atoms with Gasteiger partial charge in [0.15, 0.2) is 6.61 Å². The number of nitrogens with zero attached hydrogens (tertiary/aromatic N) is 1. The van der Waals surface area contributed by atoms with Gasteiger partial charge in [0.25, 0.3) is 5.91 Å². The average molecular weight is 409 g/mol. The average Bonchev–Trinajstić information content (AvgIpc) is 2.79. The van der Waals surface area contributed by atoms with E-state index in [4.69, 9.17) is 4.74 Å². The zero-order chi connectivity index (χ0) is 21.3. The Kier molecular flexibility index (Phi) is 7.89. The largest absolute Gasteiger partial charge is 0.484 e. The van der Waals surface area contributed by atoms with Crippen LogP contribution in [-0.4, -0.2) is 43.0 Å². The first-order valence-corrected chi connectivity index (χ1v) is 10.8. The monoisotopic (exact) mass is 408 g/mol. The van der Waals surface area contributed by atoms with Crippen molar-refractivity contribution in [1.29, 1.82) is 0 Å². The standard InChI is InChI=1S/C25H32N2O3/c1-19(2)23(20-9-5-3-6-10-20)17-26-25(29)21-13-15-27(16-14-21)24(28)18-30-22-11-7-4-8-12-22/h3-12,19,21,23H,13-18H2,1-2H3,(H,26,29). The van der Waals surface area contributed by atoms with Crippen LogP contribution in [0.15, 0.2) is 60.7 Å². The number of carbonyl (C=O) groups excluding carboxylic acids is 2. The van der Waals surface area contributed by atoms with E-state index in [-0.39, 0.29) is 24.3 Å². The van der Waals surface area contributed by atoms with Crippen LogP contribution in [0.25, 0.3) is 0 Å². The summed E-state index contributed by atoms with van der Waals surface area (Å²) in [4.78, 5) is 26.9. The van der Waals surface area contributed by atoms with Gasteiger partial charge in [0.2, 0.25) is 5.91 Å². The lowest BCUT2D eigenvalue weighted by Crippen LogP contribution is -2.45. The van der Waals surface area contributed by atoms with Crippen molar-refractivity contribution in [2.45, 2.75) is 32.6 Å². The summed E-state index contributed by atoms with van der Waals surface area (Å²) in [5.41, 5.74) is 1.26. The minimum absolute atomic E-state index is 0.0262. The number of hydrogen-bond donors (Lipinski definition) is 1. The Morgan fingerprint density at radius 1 is 1.00 bits per heavy atom. The fraction of sp³-hybridized carbons (Fsp3) is 0.440. The van der Waals surface area contributed by atoms with Gasteiger partial charge in [0.05, 0.1) is 0 Å². The molecule has 0 radical (unpaired) electrons. The molecule has 2 aromatic carbocycles. The maximum absolute atomic E-state index is 12.7. The highest BCUT2D eigenvalue weighted by atomic mass is 16.5. The van der Waals surface area contributed by atoms with Crippen molar-refractivity contribution in [3.05, 3.63) is 66.2 Å². The normalized spacial score (nSPS) is 15.6. The molecule has 0 aromatic heterocycles. The topological polar surface area (TPSA) is 58.6 Å². The molecule has 1 heterocycles. The molecular formula is C25H32N2O3. The number of ether oxygens (including phenoxy) is 1. The molecule has 160 valence electrons. The van der Waals surface area contributed by atoms with Gasteiger partial charge in [-0.2, -0.15) is 0 Å². The number of nitrogens with one attached hydrogen (secondary N) is 1. The van der Waals surface area contributed by atoms with E-state index >= 15 is 0 Å². The molecule has 1 aliphatic heterocycles. The summed E-state index contributed by atoms with van der Waals surface area (Å²) in [6.07, 6.45) is 1.39. The quantitative estimate of drug-likeness (QED) is 0.722. The van der Waals surface area contributed by atoms with Gasteiger partial charge in [-0.25, -0.2) is 0 Å². The van der Waals surface area contributed by atoms with E-state index in [1.54, 1.807) is 4.90 Å². The number of rotatable bonds is 8. The molecule has 1 atom stereocenters. The second kappa shape index (κ2) is 10.8. The number of hydrogen-bond acceptors (Lipinski definition) is 3. The van der Waals surface area contributed by atoms with Gasteiger partial charge in [-0.1, -0.05) is 62.4 Å².